The van der Waals surface area contributed by atoms with Gasteiger partial charge in [-0.15, -0.1) is 0 Å². The van der Waals surface area contributed by atoms with E-state index in [2.05, 4.69) is 6.07 Å². The molecule has 5 heteroatoms. The number of benzene rings is 1. The Bertz CT molecular complexity index is 517. The van der Waals surface area contributed by atoms with Crippen molar-refractivity contribution in [1.29, 1.82) is 0 Å². The molecule has 0 unspecified atom stereocenters. The van der Waals surface area contributed by atoms with Crippen LogP contribution < -0.4 is 4.74 Å². The van der Waals surface area contributed by atoms with Crippen LogP contribution in [0.25, 0.3) is 0 Å². The van der Waals surface area contributed by atoms with Gasteiger partial charge >= 0.3 is 6.09 Å². The second-order valence-electron chi connectivity index (χ2n) is 7.06. The fourth-order valence-corrected chi connectivity index (χ4v) is 6.22. The number of ether oxygens (including phenoxy) is 1. The van der Waals surface area contributed by atoms with Crippen LogP contribution in [0.5, 0.6) is 5.75 Å². The van der Waals surface area contributed by atoms with E-state index in [1.54, 1.807) is 30.0 Å². The Labute approximate surface area is 160 Å². The van der Waals surface area contributed by atoms with E-state index in [1.165, 1.54) is 64.2 Å². The van der Waals surface area contributed by atoms with Gasteiger partial charge in [0.05, 0.1) is 0 Å². The molecular formula is C20H28NO2S2. The van der Waals surface area contributed by atoms with Gasteiger partial charge in [-0.1, -0.05) is 44.6 Å². The molecule has 0 saturated heterocycles. The zero-order chi connectivity index (χ0) is 17.5. The quantitative estimate of drug-likeness (QED) is 0.543. The highest BCUT2D eigenvalue weighted by molar-refractivity contribution is 8.13. The van der Waals surface area contributed by atoms with E-state index in [9.17, 15) is 4.79 Å². The molecule has 0 spiro atoms. The number of rotatable bonds is 5. The first-order valence-corrected chi connectivity index (χ1v) is 11.2. The molecule has 1 aromatic rings. The summed E-state index contributed by atoms with van der Waals surface area (Å²) < 4.78 is 7.47. The van der Waals surface area contributed by atoms with Crippen LogP contribution in [0.15, 0.2) is 18.2 Å². The van der Waals surface area contributed by atoms with Gasteiger partial charge in [0, 0.05) is 10.5 Å². The largest absolute Gasteiger partial charge is 0.435 e. The fourth-order valence-electron chi connectivity index (χ4n) is 3.41. The zero-order valence-corrected chi connectivity index (χ0v) is 16.7. The first-order valence-electron chi connectivity index (χ1n) is 9.54. The molecule has 0 atom stereocenters. The van der Waals surface area contributed by atoms with Crippen molar-refractivity contribution in [2.45, 2.75) is 81.6 Å². The highest BCUT2D eigenvalue weighted by atomic mass is 32.2. The van der Waals surface area contributed by atoms with Crippen LogP contribution in [-0.4, -0.2) is 20.3 Å². The third-order valence-electron chi connectivity index (χ3n) is 4.89. The first kappa shape index (κ1) is 19.0. The van der Waals surface area contributed by atoms with Crippen LogP contribution in [0.1, 0.15) is 69.8 Å². The molecule has 0 aliphatic heterocycles. The SMILES string of the molecule is Cc1[c]cc(OC(=O)N(SC2CCCCC2)SC2CCCCC2)cc1. The van der Waals surface area contributed by atoms with E-state index in [0.29, 0.717) is 16.2 Å². The third kappa shape index (κ3) is 6.14. The summed E-state index contributed by atoms with van der Waals surface area (Å²) in [7, 11) is 0. The smallest absolute Gasteiger partial charge is 0.409 e. The summed E-state index contributed by atoms with van der Waals surface area (Å²) in [5.74, 6) is 0.578. The van der Waals surface area contributed by atoms with Gasteiger partial charge in [0.1, 0.15) is 5.75 Å². The fraction of sp³-hybridized carbons (Fsp3) is 0.650. The predicted octanol–water partition coefficient (Wildman–Crippen LogP) is 6.56. The van der Waals surface area contributed by atoms with Crippen LogP contribution in [0.4, 0.5) is 4.79 Å². The van der Waals surface area contributed by atoms with Crippen molar-refractivity contribution < 1.29 is 9.53 Å². The average molecular weight is 379 g/mol. The van der Waals surface area contributed by atoms with Gasteiger partial charge in [-0.05, 0) is 80.3 Å². The van der Waals surface area contributed by atoms with Crippen LogP contribution in [0.2, 0.25) is 0 Å². The normalized spacial score (nSPS) is 19.6. The van der Waals surface area contributed by atoms with Crippen molar-refractivity contribution in [3.05, 3.63) is 29.8 Å². The average Bonchev–Trinajstić information content (AvgIpc) is 2.65. The van der Waals surface area contributed by atoms with Crippen molar-refractivity contribution in [2.75, 3.05) is 0 Å². The van der Waals surface area contributed by atoms with Crippen molar-refractivity contribution in [3.63, 3.8) is 0 Å². The van der Waals surface area contributed by atoms with Crippen LogP contribution in [0, 0.1) is 13.0 Å². The van der Waals surface area contributed by atoms with E-state index in [4.69, 9.17) is 4.74 Å². The summed E-state index contributed by atoms with van der Waals surface area (Å²) in [4.78, 5) is 12.8. The molecule has 2 fully saturated rings. The van der Waals surface area contributed by atoms with Crippen molar-refractivity contribution in [1.82, 2.24) is 3.71 Å². The number of nitrogens with zero attached hydrogens (tertiary/aromatic N) is 1. The highest BCUT2D eigenvalue weighted by Gasteiger charge is 2.28. The molecule has 3 nitrogen and oxygen atoms in total. The van der Waals surface area contributed by atoms with Crippen LogP contribution >= 0.6 is 23.9 Å². The molecule has 137 valence electrons. The Morgan fingerprint density at radius 3 is 2.04 bits per heavy atom. The summed E-state index contributed by atoms with van der Waals surface area (Å²) in [6, 6.07) is 8.62. The Morgan fingerprint density at radius 1 is 1.00 bits per heavy atom. The molecule has 2 saturated carbocycles. The maximum absolute atomic E-state index is 12.8. The molecule has 25 heavy (non-hydrogen) atoms. The topological polar surface area (TPSA) is 29.5 Å². The molecule has 1 aromatic carbocycles. The zero-order valence-electron chi connectivity index (χ0n) is 15.0. The van der Waals surface area contributed by atoms with Crippen molar-refractivity contribution in [3.8, 4) is 5.75 Å². The Balaban J connectivity index is 1.62. The molecule has 0 aromatic heterocycles. The number of aryl methyl sites for hydroxylation is 1. The second kappa shape index (κ2) is 9.77. The van der Waals surface area contributed by atoms with Crippen molar-refractivity contribution >= 4 is 30.0 Å². The summed E-state index contributed by atoms with van der Waals surface area (Å²) in [6.07, 6.45) is 12.4. The minimum Gasteiger partial charge on any atom is -0.409 e. The number of amides is 1. The maximum Gasteiger partial charge on any atom is 0.435 e. The molecule has 0 heterocycles. The number of hydrogen-bond donors (Lipinski definition) is 0. The second-order valence-corrected chi connectivity index (χ2v) is 9.78. The highest BCUT2D eigenvalue weighted by Crippen LogP contribution is 2.39. The molecule has 3 rings (SSSR count). The third-order valence-corrected chi connectivity index (χ3v) is 7.62. The number of carbonyl (C=O) groups is 1. The summed E-state index contributed by atoms with van der Waals surface area (Å²) in [6.45, 7) is 1.98. The summed E-state index contributed by atoms with van der Waals surface area (Å²) >= 11 is 3.40. The standard InChI is InChI=1S/C20H28NO2S2/c1-16-12-14-17(15-13-16)23-20(22)21(24-18-8-4-2-5-9-18)25-19-10-6-3-7-11-19/h12,14-15,18-19H,2-11H2,1H3. The van der Waals surface area contributed by atoms with E-state index in [1.807, 2.05) is 22.8 Å². The van der Waals surface area contributed by atoms with E-state index < -0.39 is 0 Å². The van der Waals surface area contributed by atoms with E-state index >= 15 is 0 Å². The van der Waals surface area contributed by atoms with Crippen molar-refractivity contribution in [2.24, 2.45) is 0 Å². The van der Waals surface area contributed by atoms with Gasteiger partial charge in [-0.3, -0.25) is 0 Å². The summed E-state index contributed by atoms with van der Waals surface area (Å²) in [5.41, 5.74) is 1.05. The van der Waals surface area contributed by atoms with Gasteiger partial charge in [-0.25, -0.2) is 4.79 Å². The maximum atomic E-state index is 12.8. The minimum atomic E-state index is -0.247. The first-order chi connectivity index (χ1) is 12.2. The molecular weight excluding hydrogens is 350 g/mol. The molecule has 2 aliphatic rings. The molecule has 2 aliphatic carbocycles. The lowest BCUT2D eigenvalue weighted by Crippen LogP contribution is -2.28. The molecule has 1 radical (unpaired) electrons. The van der Waals surface area contributed by atoms with Crippen LogP contribution in [0.3, 0.4) is 0 Å². The Morgan fingerprint density at radius 2 is 1.56 bits per heavy atom. The van der Waals surface area contributed by atoms with Gasteiger partial charge in [0.25, 0.3) is 0 Å². The minimum absolute atomic E-state index is 0.247. The van der Waals surface area contributed by atoms with E-state index in [-0.39, 0.29) is 6.09 Å². The predicted molar refractivity (Wildman–Crippen MR) is 107 cm³/mol. The number of carbonyl (C=O) groups excluding carboxylic acids is 1. The summed E-state index contributed by atoms with van der Waals surface area (Å²) in [5, 5.41) is 1.09. The molecule has 0 N–H and O–H groups in total. The Kier molecular flexibility index (Phi) is 7.41. The van der Waals surface area contributed by atoms with Gasteiger partial charge < -0.3 is 4.74 Å². The van der Waals surface area contributed by atoms with E-state index in [0.717, 1.165) is 5.56 Å². The molecule has 0 bridgehead atoms. The lowest BCUT2D eigenvalue weighted by Gasteiger charge is -2.30. The van der Waals surface area contributed by atoms with Crippen LogP contribution in [-0.2, 0) is 0 Å². The lowest BCUT2D eigenvalue weighted by atomic mass is 10.0. The van der Waals surface area contributed by atoms with Gasteiger partial charge in [0.15, 0.2) is 0 Å². The number of hydrogen-bond acceptors (Lipinski definition) is 4. The lowest BCUT2D eigenvalue weighted by molar-refractivity contribution is 0.196. The monoisotopic (exact) mass is 378 g/mol. The van der Waals surface area contributed by atoms with Gasteiger partial charge in [-0.2, -0.15) is 3.71 Å². The Hall–Kier alpha value is -0.810. The molecule has 1 amide bonds. The van der Waals surface area contributed by atoms with Gasteiger partial charge in [0.2, 0.25) is 0 Å².